The van der Waals surface area contributed by atoms with Crippen LogP contribution < -0.4 is 10.6 Å². The van der Waals surface area contributed by atoms with Crippen molar-refractivity contribution in [3.63, 3.8) is 0 Å². The molecule has 19 heavy (non-hydrogen) atoms. The first-order valence-electron chi connectivity index (χ1n) is 6.59. The third kappa shape index (κ3) is 3.19. The lowest BCUT2D eigenvalue weighted by atomic mass is 9.91. The van der Waals surface area contributed by atoms with Crippen LogP contribution in [0, 0.1) is 0 Å². The van der Waals surface area contributed by atoms with E-state index in [0.29, 0.717) is 5.92 Å². The summed E-state index contributed by atoms with van der Waals surface area (Å²) in [5.74, 6) is 0.626. The number of thiophene rings is 1. The first-order chi connectivity index (χ1) is 9.33. The average Bonchev–Trinajstić information content (AvgIpc) is 2.85. The Morgan fingerprint density at radius 3 is 3.11 bits per heavy atom. The van der Waals surface area contributed by atoms with Crippen molar-refractivity contribution < 1.29 is 0 Å². The number of anilines is 1. The second kappa shape index (κ2) is 6.07. The molecular weight excluding hydrogens is 320 g/mol. The summed E-state index contributed by atoms with van der Waals surface area (Å²) in [6, 6.07) is 10.8. The molecule has 4 heteroatoms. The van der Waals surface area contributed by atoms with Gasteiger partial charge in [0.2, 0.25) is 0 Å². The third-order valence-corrected chi connectivity index (χ3v) is 5.22. The van der Waals surface area contributed by atoms with Gasteiger partial charge in [-0.2, -0.15) is 0 Å². The molecule has 0 saturated heterocycles. The normalized spacial score (nSPS) is 17.8. The number of hydrogen-bond donors (Lipinski definition) is 2. The van der Waals surface area contributed by atoms with Gasteiger partial charge in [0.1, 0.15) is 0 Å². The van der Waals surface area contributed by atoms with Crippen LogP contribution in [-0.2, 0) is 6.54 Å². The fourth-order valence-electron chi connectivity index (χ4n) is 2.58. The van der Waals surface area contributed by atoms with Crippen LogP contribution >= 0.6 is 27.3 Å². The molecule has 0 radical (unpaired) electrons. The van der Waals surface area contributed by atoms with Gasteiger partial charge in [-0.3, -0.25) is 0 Å². The van der Waals surface area contributed by atoms with Crippen LogP contribution in [0.5, 0.6) is 0 Å². The number of para-hydroxylation sites is 1. The number of hydrogen-bond acceptors (Lipinski definition) is 3. The number of rotatable bonds is 4. The summed E-state index contributed by atoms with van der Waals surface area (Å²) in [5, 5.41) is 9.20. The topological polar surface area (TPSA) is 24.1 Å². The first kappa shape index (κ1) is 13.2. The molecule has 2 N–H and O–H groups in total. The van der Waals surface area contributed by atoms with Crippen molar-refractivity contribution in [3.8, 4) is 0 Å². The Morgan fingerprint density at radius 1 is 1.37 bits per heavy atom. The zero-order valence-electron chi connectivity index (χ0n) is 10.7. The summed E-state index contributed by atoms with van der Waals surface area (Å²) in [6.07, 6.45) is 1.21. The van der Waals surface area contributed by atoms with E-state index in [1.807, 2.05) is 0 Å². The van der Waals surface area contributed by atoms with Gasteiger partial charge in [0.25, 0.3) is 0 Å². The maximum Gasteiger partial charge on any atom is 0.0376 e. The summed E-state index contributed by atoms with van der Waals surface area (Å²) >= 11 is 5.30. The number of halogens is 1. The molecule has 0 amide bonds. The molecule has 0 spiro atoms. The molecule has 2 heterocycles. The highest BCUT2D eigenvalue weighted by molar-refractivity contribution is 9.10. The quantitative estimate of drug-likeness (QED) is 0.874. The Morgan fingerprint density at radius 2 is 2.26 bits per heavy atom. The molecule has 1 aromatic heterocycles. The predicted molar refractivity (Wildman–Crippen MR) is 86.0 cm³/mol. The van der Waals surface area contributed by atoms with Crippen molar-refractivity contribution in [2.75, 3.05) is 18.4 Å². The lowest BCUT2D eigenvalue weighted by Crippen LogP contribution is -2.26. The van der Waals surface area contributed by atoms with E-state index in [1.54, 1.807) is 11.3 Å². The molecule has 0 saturated carbocycles. The molecule has 1 unspecified atom stereocenters. The van der Waals surface area contributed by atoms with Gasteiger partial charge in [-0.1, -0.05) is 18.2 Å². The second-order valence-corrected chi connectivity index (χ2v) is 6.77. The highest BCUT2D eigenvalue weighted by atomic mass is 79.9. The van der Waals surface area contributed by atoms with Gasteiger partial charge in [0.15, 0.2) is 0 Å². The Labute approximate surface area is 126 Å². The zero-order valence-corrected chi connectivity index (χ0v) is 13.1. The van der Waals surface area contributed by atoms with Gasteiger partial charge in [0.05, 0.1) is 0 Å². The van der Waals surface area contributed by atoms with E-state index in [0.717, 1.165) is 19.6 Å². The molecule has 3 rings (SSSR count). The second-order valence-electron chi connectivity index (χ2n) is 4.86. The first-order valence-corrected chi connectivity index (χ1v) is 8.26. The van der Waals surface area contributed by atoms with Crippen LogP contribution in [0.15, 0.2) is 40.2 Å². The van der Waals surface area contributed by atoms with Crippen LogP contribution in [0.1, 0.15) is 22.8 Å². The van der Waals surface area contributed by atoms with Gasteiger partial charge in [0, 0.05) is 46.0 Å². The van der Waals surface area contributed by atoms with Crippen LogP contribution in [0.3, 0.4) is 0 Å². The zero-order chi connectivity index (χ0) is 13.1. The Kier molecular flexibility index (Phi) is 4.21. The Balaban J connectivity index is 1.59. The molecular formula is C15H17BrN2S. The smallest absolute Gasteiger partial charge is 0.0376 e. The number of nitrogens with one attached hydrogen (secondary N) is 2. The summed E-state index contributed by atoms with van der Waals surface area (Å²) in [6.45, 7) is 3.09. The Hall–Kier alpha value is -0.840. The SMILES string of the molecule is Brc1csc(CNCC2CCNc3ccccc32)c1. The molecule has 1 aliphatic rings. The van der Waals surface area contributed by atoms with E-state index in [1.165, 1.54) is 27.0 Å². The van der Waals surface area contributed by atoms with Gasteiger partial charge >= 0.3 is 0 Å². The van der Waals surface area contributed by atoms with Crippen molar-refractivity contribution >= 4 is 33.0 Å². The number of fused-ring (bicyclic) bond motifs is 1. The molecule has 0 aliphatic carbocycles. The molecule has 1 aromatic carbocycles. The average molecular weight is 337 g/mol. The van der Waals surface area contributed by atoms with E-state index in [-0.39, 0.29) is 0 Å². The fourth-order valence-corrected chi connectivity index (χ4v) is 4.00. The lowest BCUT2D eigenvalue weighted by Gasteiger charge is -2.26. The van der Waals surface area contributed by atoms with Crippen LogP contribution in [0.4, 0.5) is 5.69 Å². The molecule has 1 aliphatic heterocycles. The van der Waals surface area contributed by atoms with Crippen molar-refractivity contribution in [2.45, 2.75) is 18.9 Å². The molecule has 1 atom stereocenters. The standard InChI is InChI=1S/C15H17BrN2S/c16-12-7-13(19-10-12)9-17-8-11-5-6-18-15-4-2-1-3-14(11)15/h1-4,7,10-11,17-18H,5-6,8-9H2. The molecule has 2 nitrogen and oxygen atoms in total. The van der Waals surface area contributed by atoms with Crippen molar-refractivity contribution in [1.82, 2.24) is 5.32 Å². The van der Waals surface area contributed by atoms with E-state index in [9.17, 15) is 0 Å². The van der Waals surface area contributed by atoms with Crippen molar-refractivity contribution in [1.29, 1.82) is 0 Å². The molecule has 0 bridgehead atoms. The van der Waals surface area contributed by atoms with Gasteiger partial charge in [-0.05, 0) is 40.0 Å². The van der Waals surface area contributed by atoms with E-state index >= 15 is 0 Å². The minimum absolute atomic E-state index is 0.626. The largest absolute Gasteiger partial charge is 0.385 e. The minimum atomic E-state index is 0.626. The highest BCUT2D eigenvalue weighted by Gasteiger charge is 2.18. The number of benzene rings is 1. The predicted octanol–water partition coefficient (Wildman–Crippen LogP) is 4.20. The van der Waals surface area contributed by atoms with E-state index in [2.05, 4.69) is 62.3 Å². The van der Waals surface area contributed by atoms with Crippen LogP contribution in [0.2, 0.25) is 0 Å². The van der Waals surface area contributed by atoms with Crippen LogP contribution in [0.25, 0.3) is 0 Å². The summed E-state index contributed by atoms with van der Waals surface area (Å²) in [7, 11) is 0. The van der Waals surface area contributed by atoms with Crippen molar-refractivity contribution in [3.05, 3.63) is 50.6 Å². The highest BCUT2D eigenvalue weighted by Crippen LogP contribution is 2.30. The monoisotopic (exact) mass is 336 g/mol. The van der Waals surface area contributed by atoms with Gasteiger partial charge < -0.3 is 10.6 Å². The summed E-state index contributed by atoms with van der Waals surface area (Å²) < 4.78 is 1.18. The van der Waals surface area contributed by atoms with Crippen LogP contribution in [-0.4, -0.2) is 13.1 Å². The van der Waals surface area contributed by atoms with Gasteiger partial charge in [-0.15, -0.1) is 11.3 Å². The maximum atomic E-state index is 3.59. The van der Waals surface area contributed by atoms with E-state index in [4.69, 9.17) is 0 Å². The summed E-state index contributed by atoms with van der Waals surface area (Å²) in [4.78, 5) is 1.38. The Bertz CT molecular complexity index is 553. The van der Waals surface area contributed by atoms with Crippen molar-refractivity contribution in [2.24, 2.45) is 0 Å². The van der Waals surface area contributed by atoms with E-state index < -0.39 is 0 Å². The lowest BCUT2D eigenvalue weighted by molar-refractivity contribution is 0.553. The summed E-state index contributed by atoms with van der Waals surface area (Å²) in [5.41, 5.74) is 2.76. The fraction of sp³-hybridized carbons (Fsp3) is 0.333. The minimum Gasteiger partial charge on any atom is -0.385 e. The molecule has 2 aromatic rings. The third-order valence-electron chi connectivity index (χ3n) is 3.52. The van der Waals surface area contributed by atoms with Gasteiger partial charge in [-0.25, -0.2) is 0 Å². The maximum absolute atomic E-state index is 3.59. The molecule has 0 fully saturated rings. The molecule has 100 valence electrons.